The zero-order valence-electron chi connectivity index (χ0n) is 20.3. The predicted octanol–water partition coefficient (Wildman–Crippen LogP) is 6.16. The maximum atomic E-state index is 13.2. The van der Waals surface area contributed by atoms with E-state index in [0.29, 0.717) is 43.7 Å². The van der Waals surface area contributed by atoms with Crippen LogP contribution >= 0.6 is 23.4 Å². The van der Waals surface area contributed by atoms with E-state index in [1.54, 1.807) is 38.1 Å². The maximum absolute atomic E-state index is 13.2. The highest BCUT2D eigenvalue weighted by molar-refractivity contribution is 6.39. The van der Waals surface area contributed by atoms with Crippen molar-refractivity contribution in [1.29, 1.82) is 0 Å². The highest BCUT2D eigenvalue weighted by atomic mass is 35.5. The SMILES string of the molecule is CCOc1cc(N=NC(C(C)=O)C(=O)N(Cl)c2cccc(OCC)c2OCC)c(Cl)c(OCC)c1. The number of nitrogens with zero attached hydrogens (tertiary/aromatic N) is 3. The van der Waals surface area contributed by atoms with Gasteiger partial charge in [-0.15, -0.1) is 0 Å². The van der Waals surface area contributed by atoms with Gasteiger partial charge in [0, 0.05) is 23.9 Å². The molecule has 2 aromatic carbocycles. The van der Waals surface area contributed by atoms with Crippen LogP contribution in [-0.2, 0) is 9.59 Å². The minimum absolute atomic E-state index is 0.166. The molecule has 0 saturated carbocycles. The van der Waals surface area contributed by atoms with Crippen LogP contribution in [-0.4, -0.2) is 44.2 Å². The van der Waals surface area contributed by atoms with E-state index in [9.17, 15) is 9.59 Å². The van der Waals surface area contributed by atoms with Crippen molar-refractivity contribution in [2.45, 2.75) is 40.7 Å². The molecule has 0 bridgehead atoms. The maximum Gasteiger partial charge on any atom is 0.276 e. The van der Waals surface area contributed by atoms with E-state index in [0.717, 1.165) is 4.42 Å². The third-order valence-corrected chi connectivity index (χ3v) is 5.18. The van der Waals surface area contributed by atoms with Gasteiger partial charge in [0.2, 0.25) is 6.04 Å². The Morgan fingerprint density at radius 1 is 0.943 bits per heavy atom. The summed E-state index contributed by atoms with van der Waals surface area (Å²) in [5, 5.41) is 8.20. The average molecular weight is 526 g/mol. The molecule has 35 heavy (non-hydrogen) atoms. The van der Waals surface area contributed by atoms with Crippen molar-refractivity contribution in [2.24, 2.45) is 10.2 Å². The number of carbonyl (C=O) groups is 2. The number of anilines is 1. The summed E-state index contributed by atoms with van der Waals surface area (Å²) < 4.78 is 23.1. The van der Waals surface area contributed by atoms with E-state index in [1.165, 1.54) is 13.0 Å². The fourth-order valence-corrected chi connectivity index (χ4v) is 3.44. The molecule has 0 radical (unpaired) electrons. The Morgan fingerprint density at radius 2 is 1.57 bits per heavy atom. The number of amides is 1. The van der Waals surface area contributed by atoms with Crippen molar-refractivity contribution in [3.05, 3.63) is 35.4 Å². The molecule has 0 aliphatic heterocycles. The third-order valence-electron chi connectivity index (χ3n) is 4.46. The quantitative estimate of drug-likeness (QED) is 0.176. The first-order valence-corrected chi connectivity index (χ1v) is 11.9. The summed E-state index contributed by atoms with van der Waals surface area (Å²) in [6.07, 6.45) is 0. The monoisotopic (exact) mass is 525 g/mol. The Balaban J connectivity index is 2.43. The van der Waals surface area contributed by atoms with Gasteiger partial charge in [0.05, 0.1) is 26.4 Å². The summed E-state index contributed by atoms with van der Waals surface area (Å²) in [7, 11) is 0. The summed E-state index contributed by atoms with van der Waals surface area (Å²) in [6.45, 7) is 9.92. The zero-order chi connectivity index (χ0) is 26.0. The first-order chi connectivity index (χ1) is 16.8. The van der Waals surface area contributed by atoms with Gasteiger partial charge in [-0.2, -0.15) is 10.2 Å². The molecule has 0 fully saturated rings. The second kappa shape index (κ2) is 13.7. The minimum atomic E-state index is -1.53. The van der Waals surface area contributed by atoms with E-state index in [4.69, 9.17) is 42.3 Å². The highest BCUT2D eigenvalue weighted by Crippen LogP contribution is 2.40. The molecule has 0 N–H and O–H groups in total. The molecular weight excluding hydrogens is 497 g/mol. The topological polar surface area (TPSA) is 99.0 Å². The van der Waals surface area contributed by atoms with Crippen molar-refractivity contribution in [1.82, 2.24) is 0 Å². The number of ketones is 1. The molecule has 0 saturated heterocycles. The summed E-state index contributed by atoms with van der Waals surface area (Å²) in [4.78, 5) is 25.5. The van der Waals surface area contributed by atoms with Crippen LogP contribution < -0.4 is 23.4 Å². The van der Waals surface area contributed by atoms with Gasteiger partial charge in [0.15, 0.2) is 17.3 Å². The predicted molar refractivity (Wildman–Crippen MR) is 135 cm³/mol. The molecule has 0 aliphatic carbocycles. The van der Waals surface area contributed by atoms with Crippen LogP contribution in [0.2, 0.25) is 5.02 Å². The van der Waals surface area contributed by atoms with Crippen molar-refractivity contribution in [2.75, 3.05) is 30.8 Å². The number of carbonyl (C=O) groups excluding carboxylic acids is 2. The van der Waals surface area contributed by atoms with Gasteiger partial charge in [-0.3, -0.25) is 9.59 Å². The number of hydrogen-bond donors (Lipinski definition) is 0. The Morgan fingerprint density at radius 3 is 2.17 bits per heavy atom. The molecule has 2 rings (SSSR count). The number of benzene rings is 2. The van der Waals surface area contributed by atoms with E-state index in [-0.39, 0.29) is 22.1 Å². The van der Waals surface area contributed by atoms with Gasteiger partial charge in [0.1, 0.15) is 27.9 Å². The zero-order valence-corrected chi connectivity index (χ0v) is 21.9. The van der Waals surface area contributed by atoms with Gasteiger partial charge in [-0.05, 0) is 46.8 Å². The minimum Gasteiger partial charge on any atom is -0.494 e. The fourth-order valence-electron chi connectivity index (χ4n) is 3.01. The van der Waals surface area contributed by atoms with Gasteiger partial charge < -0.3 is 18.9 Å². The van der Waals surface area contributed by atoms with E-state index < -0.39 is 17.7 Å². The average Bonchev–Trinajstić information content (AvgIpc) is 2.82. The Hall–Kier alpha value is -3.04. The number of para-hydroxylation sites is 1. The van der Waals surface area contributed by atoms with Crippen LogP contribution in [0.25, 0.3) is 0 Å². The first-order valence-electron chi connectivity index (χ1n) is 11.2. The lowest BCUT2D eigenvalue weighted by Gasteiger charge is -2.21. The van der Waals surface area contributed by atoms with Gasteiger partial charge >= 0.3 is 0 Å². The van der Waals surface area contributed by atoms with Gasteiger partial charge in [-0.25, -0.2) is 4.42 Å². The highest BCUT2D eigenvalue weighted by Gasteiger charge is 2.31. The number of azo groups is 1. The summed E-state index contributed by atoms with van der Waals surface area (Å²) >= 11 is 12.8. The number of ether oxygens (including phenoxy) is 4. The second-order valence-electron chi connectivity index (χ2n) is 6.94. The molecule has 0 spiro atoms. The fraction of sp³-hybridized carbons (Fsp3) is 0.417. The van der Waals surface area contributed by atoms with E-state index in [1.807, 2.05) is 13.8 Å². The Bertz CT molecular complexity index is 1060. The molecule has 0 heterocycles. The molecule has 190 valence electrons. The van der Waals surface area contributed by atoms with Crippen molar-refractivity contribution >= 4 is 46.4 Å². The third kappa shape index (κ3) is 7.22. The molecule has 1 atom stereocenters. The molecular formula is C24H29Cl2N3O6. The lowest BCUT2D eigenvalue weighted by molar-refractivity contribution is -0.126. The second-order valence-corrected chi connectivity index (χ2v) is 7.65. The first kappa shape index (κ1) is 28.2. The lowest BCUT2D eigenvalue weighted by atomic mass is 10.2. The standard InChI is InChI=1S/C24H29Cl2N3O6/c1-6-32-16-13-17(21(25)20(14-16)34-8-3)27-28-22(15(5)30)24(31)29(26)18-11-10-12-19(33-7-2)23(18)35-9-4/h10-14,22H,6-9H2,1-5H3. The largest absolute Gasteiger partial charge is 0.494 e. The van der Waals surface area contributed by atoms with Crippen LogP contribution in [0.5, 0.6) is 23.0 Å². The van der Waals surface area contributed by atoms with Crippen molar-refractivity contribution < 1.29 is 28.5 Å². The summed E-state index contributed by atoms with van der Waals surface area (Å²) in [5.74, 6) is 0.0912. The van der Waals surface area contributed by atoms with E-state index >= 15 is 0 Å². The molecule has 1 amide bonds. The molecule has 0 aliphatic rings. The molecule has 2 aromatic rings. The molecule has 11 heteroatoms. The summed E-state index contributed by atoms with van der Waals surface area (Å²) in [5.41, 5.74) is 0.385. The van der Waals surface area contributed by atoms with Crippen LogP contribution in [0.1, 0.15) is 34.6 Å². The van der Waals surface area contributed by atoms with Crippen LogP contribution in [0.15, 0.2) is 40.6 Å². The lowest BCUT2D eigenvalue weighted by Crippen LogP contribution is -2.36. The van der Waals surface area contributed by atoms with Crippen LogP contribution in [0, 0.1) is 0 Å². The molecule has 0 aromatic heterocycles. The van der Waals surface area contributed by atoms with Crippen LogP contribution in [0.3, 0.4) is 0 Å². The number of Topliss-reactive ketones (excluding diaryl/α,β-unsaturated/α-hetero) is 1. The van der Waals surface area contributed by atoms with Gasteiger partial charge in [-0.1, -0.05) is 17.7 Å². The number of hydrogen-bond acceptors (Lipinski definition) is 8. The Labute approximate surface area is 215 Å². The van der Waals surface area contributed by atoms with Crippen molar-refractivity contribution in [3.8, 4) is 23.0 Å². The smallest absolute Gasteiger partial charge is 0.276 e. The van der Waals surface area contributed by atoms with Crippen molar-refractivity contribution in [3.63, 3.8) is 0 Å². The molecule has 1 unspecified atom stereocenters. The normalized spacial score (nSPS) is 11.7. The Kier molecular flexibility index (Phi) is 11.1. The number of rotatable bonds is 13. The molecule has 9 nitrogen and oxygen atoms in total. The van der Waals surface area contributed by atoms with Gasteiger partial charge in [0.25, 0.3) is 5.91 Å². The number of halogens is 2. The summed E-state index contributed by atoms with van der Waals surface area (Å²) in [6, 6.07) is 6.56. The van der Waals surface area contributed by atoms with E-state index in [2.05, 4.69) is 10.2 Å². The van der Waals surface area contributed by atoms with Crippen LogP contribution in [0.4, 0.5) is 11.4 Å².